The van der Waals surface area contributed by atoms with Gasteiger partial charge in [-0.1, -0.05) is 12.1 Å². The summed E-state index contributed by atoms with van der Waals surface area (Å²) in [5.41, 5.74) is -0.979. The molecule has 1 aliphatic rings. The fourth-order valence-electron chi connectivity index (χ4n) is 3.31. The Labute approximate surface area is 171 Å². The van der Waals surface area contributed by atoms with Crippen LogP contribution in [0.1, 0.15) is 26.3 Å². The van der Waals surface area contributed by atoms with Gasteiger partial charge in [0.2, 0.25) is 0 Å². The molecule has 0 N–H and O–H groups in total. The largest absolute Gasteiger partial charge is 0.497 e. The minimum Gasteiger partial charge on any atom is -0.497 e. The maximum atomic E-state index is 13.2. The van der Waals surface area contributed by atoms with Gasteiger partial charge in [-0.25, -0.2) is 0 Å². The first-order valence-electron chi connectivity index (χ1n) is 9.22. The van der Waals surface area contributed by atoms with E-state index in [0.29, 0.717) is 17.1 Å². The van der Waals surface area contributed by atoms with Crippen LogP contribution in [0.3, 0.4) is 0 Å². The third kappa shape index (κ3) is 4.50. The summed E-state index contributed by atoms with van der Waals surface area (Å²) in [7, 11) is 2.96. The van der Waals surface area contributed by atoms with Crippen molar-refractivity contribution in [2.45, 2.75) is 6.18 Å². The molecule has 0 aromatic heterocycles. The van der Waals surface area contributed by atoms with Crippen molar-refractivity contribution in [3.8, 4) is 11.5 Å². The van der Waals surface area contributed by atoms with Crippen LogP contribution in [0.15, 0.2) is 42.5 Å². The van der Waals surface area contributed by atoms with Gasteiger partial charge in [0.1, 0.15) is 11.5 Å². The summed E-state index contributed by atoms with van der Waals surface area (Å²) in [6.07, 6.45) is -4.62. The maximum absolute atomic E-state index is 13.2. The van der Waals surface area contributed by atoms with Crippen molar-refractivity contribution in [3.63, 3.8) is 0 Å². The van der Waals surface area contributed by atoms with Crippen molar-refractivity contribution in [3.05, 3.63) is 59.2 Å². The topological polar surface area (TPSA) is 59.1 Å². The van der Waals surface area contributed by atoms with E-state index in [2.05, 4.69) is 0 Å². The number of nitrogens with zero attached hydrogens (tertiary/aromatic N) is 2. The molecule has 0 aliphatic carbocycles. The third-order valence-electron chi connectivity index (χ3n) is 4.92. The number of carbonyl (C=O) groups excluding carboxylic acids is 2. The number of piperazine rings is 1. The van der Waals surface area contributed by atoms with Gasteiger partial charge in [-0.3, -0.25) is 9.59 Å². The number of hydrogen-bond acceptors (Lipinski definition) is 4. The van der Waals surface area contributed by atoms with E-state index in [1.54, 1.807) is 23.1 Å². The van der Waals surface area contributed by atoms with Crippen LogP contribution in [-0.2, 0) is 6.18 Å². The molecule has 0 saturated carbocycles. The highest BCUT2D eigenvalue weighted by molar-refractivity contribution is 5.97. The number of ether oxygens (including phenoxy) is 2. The van der Waals surface area contributed by atoms with Gasteiger partial charge in [-0.05, 0) is 24.3 Å². The Morgan fingerprint density at radius 2 is 1.33 bits per heavy atom. The molecule has 30 heavy (non-hydrogen) atoms. The number of rotatable bonds is 4. The van der Waals surface area contributed by atoms with Crippen LogP contribution in [-0.4, -0.2) is 62.0 Å². The van der Waals surface area contributed by atoms with E-state index in [0.717, 1.165) is 6.07 Å². The molecule has 1 aliphatic heterocycles. The van der Waals surface area contributed by atoms with Crippen LogP contribution in [0.5, 0.6) is 11.5 Å². The van der Waals surface area contributed by atoms with Crippen LogP contribution in [0.25, 0.3) is 0 Å². The van der Waals surface area contributed by atoms with Crippen LogP contribution in [0.2, 0.25) is 0 Å². The van der Waals surface area contributed by atoms with E-state index in [4.69, 9.17) is 9.47 Å². The van der Waals surface area contributed by atoms with Crippen LogP contribution >= 0.6 is 0 Å². The van der Waals surface area contributed by atoms with Crippen LogP contribution in [0, 0.1) is 0 Å². The highest BCUT2D eigenvalue weighted by atomic mass is 19.4. The highest BCUT2D eigenvalue weighted by Crippen LogP contribution is 2.32. The molecule has 1 heterocycles. The molecule has 160 valence electrons. The number of alkyl halides is 3. The number of hydrogen-bond donors (Lipinski definition) is 0. The van der Waals surface area contributed by atoms with Gasteiger partial charge in [-0.2, -0.15) is 13.2 Å². The van der Waals surface area contributed by atoms with Crippen molar-refractivity contribution >= 4 is 11.8 Å². The van der Waals surface area contributed by atoms with Crippen molar-refractivity contribution in [2.75, 3.05) is 40.4 Å². The molecular formula is C21H21F3N2O4. The molecule has 3 rings (SSSR count). The average molecular weight is 422 g/mol. The molecule has 0 unspecified atom stereocenters. The predicted octanol–water partition coefficient (Wildman–Crippen LogP) is 3.32. The van der Waals surface area contributed by atoms with Crippen molar-refractivity contribution < 1.29 is 32.2 Å². The smallest absolute Gasteiger partial charge is 0.417 e. The van der Waals surface area contributed by atoms with Crippen molar-refractivity contribution in [1.82, 2.24) is 9.80 Å². The van der Waals surface area contributed by atoms with Gasteiger partial charge >= 0.3 is 6.18 Å². The molecule has 0 radical (unpaired) electrons. The Balaban J connectivity index is 1.71. The number of benzene rings is 2. The molecular weight excluding hydrogens is 401 g/mol. The molecule has 1 saturated heterocycles. The summed E-state index contributed by atoms with van der Waals surface area (Å²) in [5, 5.41) is 0. The summed E-state index contributed by atoms with van der Waals surface area (Å²) in [4.78, 5) is 28.4. The Morgan fingerprint density at radius 3 is 1.83 bits per heavy atom. The fraction of sp³-hybridized carbons (Fsp3) is 0.333. The zero-order chi connectivity index (χ0) is 21.9. The lowest BCUT2D eigenvalue weighted by atomic mass is 10.1. The quantitative estimate of drug-likeness (QED) is 0.759. The van der Waals surface area contributed by atoms with E-state index in [1.807, 2.05) is 0 Å². The molecule has 2 amide bonds. The van der Waals surface area contributed by atoms with Gasteiger partial charge in [-0.15, -0.1) is 0 Å². The Kier molecular flexibility index (Phi) is 6.19. The molecule has 6 nitrogen and oxygen atoms in total. The predicted molar refractivity (Wildman–Crippen MR) is 103 cm³/mol. The lowest BCUT2D eigenvalue weighted by Crippen LogP contribution is -2.50. The second kappa shape index (κ2) is 8.64. The SMILES string of the molecule is COc1cc(OC)cc(C(=O)N2CCN(C(=O)c3ccccc3C(F)(F)F)CC2)c1. The fourth-order valence-corrected chi connectivity index (χ4v) is 3.31. The van der Waals surface area contributed by atoms with E-state index in [9.17, 15) is 22.8 Å². The number of methoxy groups -OCH3 is 2. The van der Waals surface area contributed by atoms with E-state index >= 15 is 0 Å². The normalized spacial score (nSPS) is 14.4. The minimum atomic E-state index is -4.62. The van der Waals surface area contributed by atoms with E-state index in [1.165, 1.54) is 37.3 Å². The Hall–Kier alpha value is -3.23. The minimum absolute atomic E-state index is 0.137. The Morgan fingerprint density at radius 1 is 0.833 bits per heavy atom. The average Bonchev–Trinajstić information content (AvgIpc) is 2.77. The molecule has 0 bridgehead atoms. The second-order valence-corrected chi connectivity index (χ2v) is 6.73. The summed E-state index contributed by atoms with van der Waals surface area (Å²) in [6.45, 7) is 0.687. The van der Waals surface area contributed by atoms with Crippen LogP contribution < -0.4 is 9.47 Å². The summed E-state index contributed by atoms with van der Waals surface area (Å²) >= 11 is 0. The highest BCUT2D eigenvalue weighted by Gasteiger charge is 2.36. The molecule has 2 aromatic carbocycles. The summed E-state index contributed by atoms with van der Waals surface area (Å²) in [5.74, 6) is -0.0291. The van der Waals surface area contributed by atoms with E-state index in [-0.39, 0.29) is 37.6 Å². The Bertz CT molecular complexity index is 916. The number of halogens is 3. The molecule has 1 fully saturated rings. The third-order valence-corrected chi connectivity index (χ3v) is 4.92. The van der Waals surface area contributed by atoms with Crippen LogP contribution in [0.4, 0.5) is 13.2 Å². The number of amides is 2. The van der Waals surface area contributed by atoms with Gasteiger partial charge < -0.3 is 19.3 Å². The van der Waals surface area contributed by atoms with Gasteiger partial charge in [0.05, 0.1) is 25.3 Å². The molecule has 0 atom stereocenters. The monoisotopic (exact) mass is 422 g/mol. The summed E-state index contributed by atoms with van der Waals surface area (Å²) < 4.78 is 50.0. The zero-order valence-electron chi connectivity index (χ0n) is 16.5. The molecule has 9 heteroatoms. The first kappa shape index (κ1) is 21.5. The van der Waals surface area contributed by atoms with Crippen molar-refractivity contribution in [2.24, 2.45) is 0 Å². The molecule has 0 spiro atoms. The van der Waals surface area contributed by atoms with Gasteiger partial charge in [0, 0.05) is 37.8 Å². The van der Waals surface area contributed by atoms with Crippen molar-refractivity contribution in [1.29, 1.82) is 0 Å². The van der Waals surface area contributed by atoms with Gasteiger partial charge in [0.15, 0.2) is 0 Å². The molecule has 2 aromatic rings. The first-order chi connectivity index (χ1) is 14.2. The lowest BCUT2D eigenvalue weighted by Gasteiger charge is -2.35. The lowest BCUT2D eigenvalue weighted by molar-refractivity contribution is -0.138. The maximum Gasteiger partial charge on any atom is 0.417 e. The second-order valence-electron chi connectivity index (χ2n) is 6.73. The summed E-state index contributed by atoms with van der Waals surface area (Å²) in [6, 6.07) is 9.53. The number of carbonyl (C=O) groups is 2. The van der Waals surface area contributed by atoms with Gasteiger partial charge in [0.25, 0.3) is 11.8 Å². The van der Waals surface area contributed by atoms with E-state index < -0.39 is 17.6 Å². The standard InChI is InChI=1S/C21H21F3N2O4/c1-29-15-11-14(12-16(13-15)30-2)19(27)25-7-9-26(10-8-25)20(28)17-5-3-4-6-18(17)21(22,23)24/h3-6,11-13H,7-10H2,1-2H3. The first-order valence-corrected chi connectivity index (χ1v) is 9.22. The zero-order valence-corrected chi connectivity index (χ0v) is 16.5.